The molecule has 2 aromatic heterocycles. The van der Waals surface area contributed by atoms with E-state index in [1.165, 1.54) is 0 Å². The molecular formula is C14H18BrN3OS. The molecule has 0 saturated carbocycles. The average Bonchev–Trinajstić information content (AvgIpc) is 2.95. The summed E-state index contributed by atoms with van der Waals surface area (Å²) in [7, 11) is 0. The molecule has 0 aliphatic carbocycles. The van der Waals surface area contributed by atoms with Crippen LogP contribution in [-0.2, 0) is 30.6 Å². The average molecular weight is 356 g/mol. The first-order valence-corrected chi connectivity index (χ1v) is 8.39. The van der Waals surface area contributed by atoms with Gasteiger partial charge in [-0.05, 0) is 36.2 Å². The van der Waals surface area contributed by atoms with E-state index in [-0.39, 0.29) is 5.78 Å². The highest BCUT2D eigenvalue weighted by molar-refractivity contribution is 9.10. The van der Waals surface area contributed by atoms with Crippen LogP contribution in [0.25, 0.3) is 0 Å². The molecule has 0 aliphatic rings. The van der Waals surface area contributed by atoms with Gasteiger partial charge in [0.15, 0.2) is 0 Å². The molecule has 0 aromatic carbocycles. The van der Waals surface area contributed by atoms with Crippen molar-refractivity contribution in [1.82, 2.24) is 14.8 Å². The molecule has 108 valence electrons. The number of Topliss-reactive ketones (excluding diaryl/α,β-unsaturated/α-hetero) is 1. The molecule has 2 aromatic rings. The van der Waals surface area contributed by atoms with Gasteiger partial charge in [0.1, 0.15) is 5.78 Å². The van der Waals surface area contributed by atoms with E-state index in [0.29, 0.717) is 12.8 Å². The Morgan fingerprint density at radius 2 is 2.15 bits per heavy atom. The summed E-state index contributed by atoms with van der Waals surface area (Å²) in [5.41, 5.74) is 2.85. The lowest BCUT2D eigenvalue weighted by molar-refractivity contribution is -0.117. The van der Waals surface area contributed by atoms with Gasteiger partial charge in [-0.25, -0.2) is 4.98 Å². The van der Waals surface area contributed by atoms with Gasteiger partial charge >= 0.3 is 0 Å². The minimum absolute atomic E-state index is 0.174. The summed E-state index contributed by atoms with van der Waals surface area (Å²) in [5, 5.41) is 7.47. The first-order chi connectivity index (χ1) is 9.55. The highest BCUT2D eigenvalue weighted by Crippen LogP contribution is 2.23. The molecule has 0 saturated heterocycles. The number of hydrogen-bond acceptors (Lipinski definition) is 4. The number of hydrogen-bond donors (Lipinski definition) is 0. The maximum Gasteiger partial charge on any atom is 0.144 e. The molecule has 0 atom stereocenters. The fraction of sp³-hybridized carbons (Fsp3) is 0.500. The third-order valence-electron chi connectivity index (χ3n) is 3.10. The van der Waals surface area contributed by atoms with Crippen LogP contribution < -0.4 is 0 Å². The zero-order valence-electron chi connectivity index (χ0n) is 11.9. The number of ketones is 1. The van der Waals surface area contributed by atoms with Crippen LogP contribution in [-0.4, -0.2) is 20.5 Å². The van der Waals surface area contributed by atoms with E-state index in [0.717, 1.165) is 39.5 Å². The van der Waals surface area contributed by atoms with Gasteiger partial charge in [0.05, 0.1) is 26.6 Å². The molecule has 0 aliphatic heterocycles. The summed E-state index contributed by atoms with van der Waals surface area (Å²) in [5.74, 6) is 0.174. The van der Waals surface area contributed by atoms with Crippen molar-refractivity contribution in [3.05, 3.63) is 31.9 Å². The van der Waals surface area contributed by atoms with Crippen LogP contribution in [0.3, 0.4) is 0 Å². The molecule has 4 nitrogen and oxygen atoms in total. The van der Waals surface area contributed by atoms with E-state index in [1.807, 2.05) is 23.9 Å². The highest BCUT2D eigenvalue weighted by Gasteiger charge is 2.17. The Labute approximate surface area is 131 Å². The van der Waals surface area contributed by atoms with E-state index in [2.05, 4.69) is 32.9 Å². The van der Waals surface area contributed by atoms with E-state index in [1.54, 1.807) is 11.3 Å². The normalized spacial score (nSPS) is 11.0. The van der Waals surface area contributed by atoms with Crippen LogP contribution >= 0.6 is 27.3 Å². The SMILES string of the molecule is CCc1nn(CC)c(CC(=O)Cc2csc(C)n2)c1Br. The second-order valence-electron chi connectivity index (χ2n) is 4.63. The van der Waals surface area contributed by atoms with Crippen LogP contribution in [0, 0.1) is 6.92 Å². The number of aromatic nitrogens is 3. The lowest BCUT2D eigenvalue weighted by Crippen LogP contribution is -2.12. The molecule has 0 bridgehead atoms. The minimum atomic E-state index is 0.174. The Kier molecular flexibility index (Phi) is 5.10. The molecule has 6 heteroatoms. The molecule has 0 unspecified atom stereocenters. The topological polar surface area (TPSA) is 47.8 Å². The lowest BCUT2D eigenvalue weighted by Gasteiger charge is -2.04. The van der Waals surface area contributed by atoms with E-state index in [9.17, 15) is 4.79 Å². The van der Waals surface area contributed by atoms with Gasteiger partial charge in [0, 0.05) is 24.8 Å². The van der Waals surface area contributed by atoms with Crippen LogP contribution in [0.4, 0.5) is 0 Å². The first-order valence-electron chi connectivity index (χ1n) is 6.71. The van der Waals surface area contributed by atoms with Crippen molar-refractivity contribution in [1.29, 1.82) is 0 Å². The lowest BCUT2D eigenvalue weighted by atomic mass is 10.1. The Hall–Kier alpha value is -1.01. The second-order valence-corrected chi connectivity index (χ2v) is 6.48. The quantitative estimate of drug-likeness (QED) is 0.798. The molecule has 20 heavy (non-hydrogen) atoms. The number of rotatable bonds is 6. The van der Waals surface area contributed by atoms with Crippen molar-refractivity contribution >= 4 is 33.0 Å². The van der Waals surface area contributed by atoms with E-state index < -0.39 is 0 Å². The monoisotopic (exact) mass is 355 g/mol. The summed E-state index contributed by atoms with van der Waals surface area (Å²) in [4.78, 5) is 16.6. The summed E-state index contributed by atoms with van der Waals surface area (Å²) < 4.78 is 2.89. The van der Waals surface area contributed by atoms with Crippen molar-refractivity contribution in [2.45, 2.75) is 46.6 Å². The van der Waals surface area contributed by atoms with Crippen molar-refractivity contribution in [3.63, 3.8) is 0 Å². The summed E-state index contributed by atoms with van der Waals surface area (Å²) in [6.45, 7) is 6.83. The van der Waals surface area contributed by atoms with Gasteiger partial charge in [-0.1, -0.05) is 6.92 Å². The van der Waals surface area contributed by atoms with Crippen LogP contribution in [0.5, 0.6) is 0 Å². The smallest absolute Gasteiger partial charge is 0.144 e. The first kappa shape index (κ1) is 15.4. The Bertz CT molecular complexity index is 618. The van der Waals surface area contributed by atoms with Gasteiger partial charge < -0.3 is 0 Å². The third-order valence-corrected chi connectivity index (χ3v) is 4.84. The molecule has 0 amide bonds. The molecule has 2 rings (SSSR count). The number of thiazole rings is 1. The van der Waals surface area contributed by atoms with Gasteiger partial charge in [-0.3, -0.25) is 9.48 Å². The van der Waals surface area contributed by atoms with Gasteiger partial charge in [0.2, 0.25) is 0 Å². The molecule has 0 N–H and O–H groups in total. The summed E-state index contributed by atoms with van der Waals surface area (Å²) in [6.07, 6.45) is 1.66. The van der Waals surface area contributed by atoms with E-state index in [4.69, 9.17) is 0 Å². The molecule has 0 spiro atoms. The zero-order chi connectivity index (χ0) is 14.7. The summed E-state index contributed by atoms with van der Waals surface area (Å²) >= 11 is 5.15. The molecule has 2 heterocycles. The summed E-state index contributed by atoms with van der Waals surface area (Å²) in [6, 6.07) is 0. The number of aryl methyl sites for hydroxylation is 3. The van der Waals surface area contributed by atoms with Crippen LogP contribution in [0.2, 0.25) is 0 Å². The van der Waals surface area contributed by atoms with Gasteiger partial charge in [-0.15, -0.1) is 11.3 Å². The number of carbonyl (C=O) groups is 1. The maximum absolute atomic E-state index is 12.2. The van der Waals surface area contributed by atoms with Crippen LogP contribution in [0.15, 0.2) is 9.85 Å². The Morgan fingerprint density at radius 1 is 1.40 bits per heavy atom. The van der Waals surface area contributed by atoms with Crippen molar-refractivity contribution in [2.75, 3.05) is 0 Å². The standard InChI is InChI=1S/C14H18BrN3OS/c1-4-12-14(15)13(18(5-2)17-12)7-11(19)6-10-8-20-9(3)16-10/h8H,4-7H2,1-3H3. The number of carbonyl (C=O) groups excluding carboxylic acids is 1. The fourth-order valence-corrected chi connectivity index (χ4v) is 3.44. The minimum Gasteiger partial charge on any atom is -0.299 e. The molecule has 0 radical (unpaired) electrons. The Morgan fingerprint density at radius 3 is 2.70 bits per heavy atom. The van der Waals surface area contributed by atoms with Crippen molar-refractivity contribution in [3.8, 4) is 0 Å². The zero-order valence-corrected chi connectivity index (χ0v) is 14.3. The predicted octanol–water partition coefficient (Wildman–Crippen LogP) is 3.35. The molecule has 0 fully saturated rings. The van der Waals surface area contributed by atoms with Crippen LogP contribution in [0.1, 0.15) is 35.9 Å². The fourth-order valence-electron chi connectivity index (χ4n) is 2.13. The largest absolute Gasteiger partial charge is 0.299 e. The van der Waals surface area contributed by atoms with Crippen molar-refractivity contribution < 1.29 is 4.79 Å². The van der Waals surface area contributed by atoms with Crippen molar-refractivity contribution in [2.24, 2.45) is 0 Å². The van der Waals surface area contributed by atoms with Gasteiger partial charge in [0.25, 0.3) is 0 Å². The third kappa shape index (κ3) is 3.35. The number of halogens is 1. The Balaban J connectivity index is 2.13. The highest BCUT2D eigenvalue weighted by atomic mass is 79.9. The predicted molar refractivity (Wildman–Crippen MR) is 84.2 cm³/mol. The van der Waals surface area contributed by atoms with E-state index >= 15 is 0 Å². The van der Waals surface area contributed by atoms with Gasteiger partial charge in [-0.2, -0.15) is 5.10 Å². The second kappa shape index (κ2) is 6.63. The number of nitrogens with zero attached hydrogens (tertiary/aromatic N) is 3. The maximum atomic E-state index is 12.2. The molecular weight excluding hydrogens is 338 g/mol.